The molecule has 202 valence electrons. The predicted molar refractivity (Wildman–Crippen MR) is 144 cm³/mol. The average molecular weight is 522 g/mol. The van der Waals surface area contributed by atoms with Gasteiger partial charge in [-0.3, -0.25) is 19.4 Å². The zero-order chi connectivity index (χ0) is 26.4. The molecule has 4 aliphatic rings. The lowest BCUT2D eigenvalue weighted by Crippen LogP contribution is -2.56. The number of amides is 2. The molecule has 1 aliphatic carbocycles. The SMILES string of the molecule is CC(C)N1CCN(c2ccc(Nc3ncc4c(n3)N(C3CCCC3)C(=O)C3(CCNC3=O)C4)cc2F)CC1. The van der Waals surface area contributed by atoms with Gasteiger partial charge in [0.05, 0.1) is 5.69 Å². The molecule has 1 aromatic heterocycles. The van der Waals surface area contributed by atoms with Gasteiger partial charge in [-0.2, -0.15) is 4.98 Å². The van der Waals surface area contributed by atoms with Gasteiger partial charge in [0.2, 0.25) is 17.8 Å². The highest BCUT2D eigenvalue weighted by Gasteiger charge is 2.56. The van der Waals surface area contributed by atoms with Crippen LogP contribution < -0.4 is 20.4 Å². The highest BCUT2D eigenvalue weighted by molar-refractivity contribution is 6.14. The summed E-state index contributed by atoms with van der Waals surface area (Å²) in [5, 5.41) is 5.99. The van der Waals surface area contributed by atoms with E-state index in [2.05, 4.69) is 39.3 Å². The normalized spacial score (nSPS) is 24.4. The molecule has 1 saturated carbocycles. The number of piperazine rings is 1. The molecule has 3 fully saturated rings. The molecule has 10 heteroatoms. The molecule has 1 aromatic carbocycles. The van der Waals surface area contributed by atoms with Crippen LogP contribution in [-0.4, -0.2) is 71.5 Å². The van der Waals surface area contributed by atoms with E-state index >= 15 is 4.39 Å². The van der Waals surface area contributed by atoms with Crippen LogP contribution in [0.1, 0.15) is 51.5 Å². The van der Waals surface area contributed by atoms with Crippen molar-refractivity contribution in [2.24, 2.45) is 5.41 Å². The molecule has 1 atom stereocenters. The van der Waals surface area contributed by atoms with Crippen molar-refractivity contribution < 1.29 is 14.0 Å². The maximum Gasteiger partial charge on any atom is 0.244 e. The van der Waals surface area contributed by atoms with Crippen LogP contribution in [0.25, 0.3) is 0 Å². The first-order valence-electron chi connectivity index (χ1n) is 13.9. The minimum atomic E-state index is -1.06. The van der Waals surface area contributed by atoms with Gasteiger partial charge < -0.3 is 15.5 Å². The van der Waals surface area contributed by atoms with Crippen LogP contribution in [0.3, 0.4) is 0 Å². The number of nitrogens with zero attached hydrogens (tertiary/aromatic N) is 5. The molecule has 1 unspecified atom stereocenters. The molecule has 2 amide bonds. The van der Waals surface area contributed by atoms with Gasteiger partial charge in [-0.25, -0.2) is 9.37 Å². The Morgan fingerprint density at radius 3 is 2.55 bits per heavy atom. The fourth-order valence-corrected chi connectivity index (χ4v) is 6.51. The van der Waals surface area contributed by atoms with Gasteiger partial charge in [-0.1, -0.05) is 12.8 Å². The van der Waals surface area contributed by atoms with Gasteiger partial charge in [0.1, 0.15) is 17.1 Å². The first kappa shape index (κ1) is 25.0. The van der Waals surface area contributed by atoms with Gasteiger partial charge in [0.15, 0.2) is 0 Å². The standard InChI is InChI=1S/C28H36FN7O2/c1-18(2)34-11-13-35(14-12-34)23-8-7-20(15-22(23)29)32-27-31-17-19-16-28(9-10-30-25(28)37)26(38)36(24(19)33-27)21-5-3-4-6-21/h7-8,15,17-18,21H,3-6,9-14,16H2,1-2H3,(H,30,37)(H,31,32,33). The minimum Gasteiger partial charge on any atom is -0.367 e. The Balaban J connectivity index is 1.24. The second-order valence-electron chi connectivity index (χ2n) is 11.3. The van der Waals surface area contributed by atoms with Crippen molar-refractivity contribution in [3.8, 4) is 0 Å². The summed E-state index contributed by atoms with van der Waals surface area (Å²) in [4.78, 5) is 42.1. The molecule has 38 heavy (non-hydrogen) atoms. The van der Waals surface area contributed by atoms with E-state index < -0.39 is 5.41 Å². The largest absolute Gasteiger partial charge is 0.367 e. The van der Waals surface area contributed by atoms with Crippen LogP contribution in [-0.2, 0) is 16.0 Å². The number of hydrogen-bond donors (Lipinski definition) is 2. The maximum atomic E-state index is 15.2. The lowest BCUT2D eigenvalue weighted by atomic mass is 9.76. The summed E-state index contributed by atoms with van der Waals surface area (Å²) in [6.45, 7) is 8.30. The number of rotatable bonds is 5. The van der Waals surface area contributed by atoms with E-state index in [0.29, 0.717) is 48.6 Å². The first-order chi connectivity index (χ1) is 18.4. The summed E-state index contributed by atoms with van der Waals surface area (Å²) in [5.41, 5.74) is 0.894. The molecule has 0 radical (unpaired) electrons. The van der Waals surface area contributed by atoms with E-state index in [9.17, 15) is 9.59 Å². The third kappa shape index (κ3) is 4.28. The van der Waals surface area contributed by atoms with Crippen LogP contribution in [0.15, 0.2) is 24.4 Å². The molecule has 0 bridgehead atoms. The van der Waals surface area contributed by atoms with Gasteiger partial charge in [-0.05, 0) is 51.3 Å². The van der Waals surface area contributed by atoms with Crippen molar-refractivity contribution in [2.75, 3.05) is 47.8 Å². The van der Waals surface area contributed by atoms with E-state index in [-0.39, 0.29) is 23.7 Å². The fraction of sp³-hybridized carbons (Fsp3) is 0.571. The summed E-state index contributed by atoms with van der Waals surface area (Å²) < 4.78 is 15.2. The van der Waals surface area contributed by atoms with Crippen molar-refractivity contribution in [1.29, 1.82) is 0 Å². The first-order valence-corrected chi connectivity index (χ1v) is 13.9. The molecule has 2 aromatic rings. The molecule has 2 N–H and O–H groups in total. The predicted octanol–water partition coefficient (Wildman–Crippen LogP) is 3.23. The van der Waals surface area contributed by atoms with E-state index in [4.69, 9.17) is 4.98 Å². The quantitative estimate of drug-likeness (QED) is 0.584. The van der Waals surface area contributed by atoms with E-state index in [0.717, 1.165) is 57.4 Å². The van der Waals surface area contributed by atoms with Crippen LogP contribution in [0.4, 0.5) is 27.5 Å². The van der Waals surface area contributed by atoms with Crippen LogP contribution in [0, 0.1) is 11.2 Å². The summed E-state index contributed by atoms with van der Waals surface area (Å²) >= 11 is 0. The molecule has 6 rings (SSSR count). The summed E-state index contributed by atoms with van der Waals surface area (Å²) in [5.74, 6) is 0.251. The fourth-order valence-electron chi connectivity index (χ4n) is 6.51. The Kier molecular flexibility index (Phi) is 6.45. The number of halogens is 1. The second-order valence-corrected chi connectivity index (χ2v) is 11.3. The number of benzene rings is 1. The molecular formula is C28H36FN7O2. The van der Waals surface area contributed by atoms with Gasteiger partial charge in [0, 0.05) is 68.7 Å². The molecular weight excluding hydrogens is 485 g/mol. The van der Waals surface area contributed by atoms with E-state index in [1.807, 2.05) is 6.07 Å². The average Bonchev–Trinajstić information content (AvgIpc) is 3.56. The number of hydrogen-bond acceptors (Lipinski definition) is 7. The highest BCUT2D eigenvalue weighted by Crippen LogP contribution is 2.44. The van der Waals surface area contributed by atoms with Gasteiger partial charge in [-0.15, -0.1) is 0 Å². The van der Waals surface area contributed by atoms with E-state index in [1.54, 1.807) is 17.2 Å². The Bertz CT molecular complexity index is 1240. The number of fused-ring (bicyclic) bond motifs is 1. The zero-order valence-corrected chi connectivity index (χ0v) is 22.2. The Hall–Kier alpha value is -3.27. The molecule has 3 aliphatic heterocycles. The van der Waals surface area contributed by atoms with Crippen LogP contribution >= 0.6 is 0 Å². The molecule has 4 heterocycles. The van der Waals surface area contributed by atoms with Crippen LogP contribution in [0.2, 0.25) is 0 Å². The lowest BCUT2D eigenvalue weighted by Gasteiger charge is -2.40. The zero-order valence-electron chi connectivity index (χ0n) is 22.2. The highest BCUT2D eigenvalue weighted by atomic mass is 19.1. The van der Waals surface area contributed by atoms with E-state index in [1.165, 1.54) is 6.07 Å². The Morgan fingerprint density at radius 1 is 1.13 bits per heavy atom. The van der Waals surface area contributed by atoms with Gasteiger partial charge >= 0.3 is 0 Å². The van der Waals surface area contributed by atoms with Crippen molar-refractivity contribution >= 4 is 35.0 Å². The van der Waals surface area contributed by atoms with Crippen molar-refractivity contribution in [3.05, 3.63) is 35.8 Å². The van der Waals surface area contributed by atoms with Crippen molar-refractivity contribution in [1.82, 2.24) is 20.2 Å². The van der Waals surface area contributed by atoms with Gasteiger partial charge in [0.25, 0.3) is 0 Å². The second kappa shape index (κ2) is 9.80. The Morgan fingerprint density at radius 2 is 1.89 bits per heavy atom. The molecule has 1 spiro atoms. The Labute approximate surface area is 222 Å². The lowest BCUT2D eigenvalue weighted by molar-refractivity contribution is -0.140. The smallest absolute Gasteiger partial charge is 0.244 e. The van der Waals surface area contributed by atoms with Crippen molar-refractivity contribution in [3.63, 3.8) is 0 Å². The third-order valence-corrected chi connectivity index (χ3v) is 8.74. The number of nitrogens with one attached hydrogen (secondary N) is 2. The summed E-state index contributed by atoms with van der Waals surface area (Å²) in [6.07, 6.45) is 6.41. The maximum absolute atomic E-state index is 15.2. The molecule has 9 nitrogen and oxygen atoms in total. The molecule has 2 saturated heterocycles. The summed E-state index contributed by atoms with van der Waals surface area (Å²) in [6, 6.07) is 5.64. The third-order valence-electron chi connectivity index (χ3n) is 8.74. The number of carbonyl (C=O) groups excluding carboxylic acids is 2. The van der Waals surface area contributed by atoms with Crippen molar-refractivity contribution in [2.45, 2.75) is 64.5 Å². The number of aromatic nitrogens is 2. The number of carbonyl (C=O) groups is 2. The minimum absolute atomic E-state index is 0.0301. The van der Waals surface area contributed by atoms with Crippen LogP contribution in [0.5, 0.6) is 0 Å². The number of anilines is 4. The monoisotopic (exact) mass is 521 g/mol. The topological polar surface area (TPSA) is 93.7 Å². The summed E-state index contributed by atoms with van der Waals surface area (Å²) in [7, 11) is 0.